The van der Waals surface area contributed by atoms with E-state index in [-0.39, 0.29) is 35.6 Å². The van der Waals surface area contributed by atoms with Crippen molar-refractivity contribution in [3.63, 3.8) is 0 Å². The molecular weight excluding hydrogens is 496 g/mol. The van der Waals surface area contributed by atoms with Crippen LogP contribution in [0.1, 0.15) is 22.6 Å². The van der Waals surface area contributed by atoms with Crippen LogP contribution in [0.2, 0.25) is 5.02 Å². The number of hydrogen-bond acceptors (Lipinski definition) is 4. The van der Waals surface area contributed by atoms with Crippen LogP contribution in [0.15, 0.2) is 60.0 Å². The van der Waals surface area contributed by atoms with Gasteiger partial charge in [-0.15, -0.1) is 0 Å². The molecule has 1 saturated heterocycles. The SMILES string of the molecule is Cn1cnc(S(=O)(=O)N2C[C@@H](NCc3ccc(C(F)(F)F)cc3Cl)[C@H](c3ccc(F)cc3)C2)c1. The second-order valence-corrected chi connectivity index (χ2v) is 10.4. The molecule has 6 nitrogen and oxygen atoms in total. The molecule has 2 atom stereocenters. The molecule has 1 aliphatic rings. The Balaban J connectivity index is 1.58. The number of hydrogen-bond donors (Lipinski definition) is 1. The van der Waals surface area contributed by atoms with E-state index in [4.69, 9.17) is 11.6 Å². The smallest absolute Gasteiger partial charge is 0.339 e. The first-order valence-electron chi connectivity index (χ1n) is 10.3. The molecule has 0 aliphatic carbocycles. The Hall–Kier alpha value is -2.47. The van der Waals surface area contributed by atoms with Crippen LogP contribution in [0.3, 0.4) is 0 Å². The maximum atomic E-state index is 13.5. The van der Waals surface area contributed by atoms with Crippen LogP contribution in [-0.4, -0.2) is 41.4 Å². The number of nitrogens with zero attached hydrogens (tertiary/aromatic N) is 3. The maximum Gasteiger partial charge on any atom is 0.416 e. The number of aromatic nitrogens is 2. The average Bonchev–Trinajstić information content (AvgIpc) is 3.40. The van der Waals surface area contributed by atoms with Gasteiger partial charge in [-0.25, -0.2) is 17.8 Å². The Labute approximate surface area is 199 Å². The molecule has 4 rings (SSSR count). The number of sulfonamides is 1. The number of alkyl halides is 3. The van der Waals surface area contributed by atoms with Gasteiger partial charge in [-0.3, -0.25) is 0 Å². The van der Waals surface area contributed by atoms with Crippen LogP contribution in [0.25, 0.3) is 0 Å². The van der Waals surface area contributed by atoms with E-state index in [0.29, 0.717) is 5.56 Å². The topological polar surface area (TPSA) is 67.2 Å². The monoisotopic (exact) mass is 516 g/mol. The molecule has 2 aromatic carbocycles. The summed E-state index contributed by atoms with van der Waals surface area (Å²) in [5.74, 6) is -0.743. The first-order chi connectivity index (χ1) is 15.9. The highest BCUT2D eigenvalue weighted by molar-refractivity contribution is 7.89. The third-order valence-corrected chi connectivity index (χ3v) is 7.87. The Morgan fingerprint density at radius 1 is 1.15 bits per heavy atom. The van der Waals surface area contributed by atoms with Gasteiger partial charge in [0.05, 0.1) is 11.9 Å². The van der Waals surface area contributed by atoms with Crippen molar-refractivity contribution in [1.82, 2.24) is 19.2 Å². The first-order valence-corrected chi connectivity index (χ1v) is 12.1. The zero-order valence-corrected chi connectivity index (χ0v) is 19.5. The van der Waals surface area contributed by atoms with Crippen molar-refractivity contribution in [2.24, 2.45) is 7.05 Å². The van der Waals surface area contributed by atoms with Crippen LogP contribution < -0.4 is 5.32 Å². The number of rotatable bonds is 6. The lowest BCUT2D eigenvalue weighted by molar-refractivity contribution is -0.137. The normalized spacial score (nSPS) is 19.6. The lowest BCUT2D eigenvalue weighted by atomic mass is 9.94. The molecule has 1 N–H and O–H groups in total. The lowest BCUT2D eigenvalue weighted by Gasteiger charge is -2.21. The maximum absolute atomic E-state index is 13.5. The number of aryl methyl sites for hydroxylation is 1. The molecule has 0 saturated carbocycles. The molecule has 182 valence electrons. The predicted molar refractivity (Wildman–Crippen MR) is 118 cm³/mol. The fourth-order valence-corrected chi connectivity index (χ4v) is 5.69. The minimum atomic E-state index is -4.50. The summed E-state index contributed by atoms with van der Waals surface area (Å²) in [7, 11) is -2.21. The molecule has 0 amide bonds. The quantitative estimate of drug-likeness (QED) is 0.499. The van der Waals surface area contributed by atoms with Gasteiger partial charge in [0, 0.05) is 49.9 Å². The third kappa shape index (κ3) is 5.12. The average molecular weight is 517 g/mol. The summed E-state index contributed by atoms with van der Waals surface area (Å²) in [5, 5.41) is 3.10. The van der Waals surface area contributed by atoms with Gasteiger partial charge in [0.15, 0.2) is 5.03 Å². The Kier molecular flexibility index (Phi) is 6.74. The molecule has 0 radical (unpaired) electrons. The van der Waals surface area contributed by atoms with E-state index in [1.807, 2.05) is 0 Å². The van der Waals surface area contributed by atoms with Gasteiger partial charge in [-0.2, -0.15) is 17.5 Å². The molecule has 2 heterocycles. The molecule has 1 aliphatic heterocycles. The minimum absolute atomic E-state index is 0.0448. The first kappa shape index (κ1) is 24.6. The number of imidazole rings is 1. The van der Waals surface area contributed by atoms with Gasteiger partial charge in [0.1, 0.15) is 5.82 Å². The summed E-state index contributed by atoms with van der Waals surface area (Å²) in [5.41, 5.74) is 0.327. The van der Waals surface area contributed by atoms with E-state index >= 15 is 0 Å². The van der Waals surface area contributed by atoms with E-state index in [0.717, 1.165) is 17.7 Å². The summed E-state index contributed by atoms with van der Waals surface area (Å²) >= 11 is 6.08. The lowest BCUT2D eigenvalue weighted by Crippen LogP contribution is -2.36. The Morgan fingerprint density at radius 3 is 2.44 bits per heavy atom. The van der Waals surface area contributed by atoms with E-state index < -0.39 is 33.6 Å². The summed E-state index contributed by atoms with van der Waals surface area (Å²) in [6.07, 6.45) is -1.71. The molecule has 3 aromatic rings. The van der Waals surface area contributed by atoms with Gasteiger partial charge in [0.2, 0.25) is 0 Å². The molecule has 34 heavy (non-hydrogen) atoms. The second kappa shape index (κ2) is 9.29. The van der Waals surface area contributed by atoms with Crippen molar-refractivity contribution in [1.29, 1.82) is 0 Å². The third-order valence-electron chi connectivity index (χ3n) is 5.81. The van der Waals surface area contributed by atoms with Gasteiger partial charge >= 0.3 is 6.18 Å². The number of nitrogens with one attached hydrogen (secondary N) is 1. The van der Waals surface area contributed by atoms with Crippen LogP contribution in [0, 0.1) is 5.82 Å². The van der Waals surface area contributed by atoms with Crippen molar-refractivity contribution in [3.05, 3.63) is 82.5 Å². The van der Waals surface area contributed by atoms with Crippen LogP contribution >= 0.6 is 11.6 Å². The van der Waals surface area contributed by atoms with Crippen molar-refractivity contribution in [2.75, 3.05) is 13.1 Å². The minimum Gasteiger partial charge on any atom is -0.339 e. The highest BCUT2D eigenvalue weighted by Gasteiger charge is 2.41. The largest absolute Gasteiger partial charge is 0.416 e. The number of benzene rings is 2. The highest BCUT2D eigenvalue weighted by Crippen LogP contribution is 2.34. The summed E-state index contributed by atoms with van der Waals surface area (Å²) in [6, 6.07) is 8.50. The van der Waals surface area contributed by atoms with Crippen molar-refractivity contribution in [3.8, 4) is 0 Å². The molecule has 1 fully saturated rings. The van der Waals surface area contributed by atoms with Gasteiger partial charge in [-0.1, -0.05) is 29.8 Å². The van der Waals surface area contributed by atoms with Crippen LogP contribution in [0.5, 0.6) is 0 Å². The fourth-order valence-electron chi connectivity index (χ4n) is 3.98. The van der Waals surface area contributed by atoms with E-state index in [1.165, 1.54) is 39.6 Å². The summed E-state index contributed by atoms with van der Waals surface area (Å²) in [6.45, 7) is 0.346. The predicted octanol–water partition coefficient (Wildman–Crippen LogP) is 4.18. The molecule has 1 aromatic heterocycles. The molecule has 0 bridgehead atoms. The highest BCUT2D eigenvalue weighted by atomic mass is 35.5. The zero-order chi connectivity index (χ0) is 24.7. The standard InChI is InChI=1S/C22H21ClF4N4O2S/c1-30-12-21(29-13-30)34(32,33)31-10-18(14-3-6-17(24)7-4-14)20(11-31)28-9-15-2-5-16(8-19(15)23)22(25,26)27/h2-8,12-13,18,20,28H,9-11H2,1H3/t18-,20+/m0/s1. The molecule has 0 spiro atoms. The summed E-state index contributed by atoms with van der Waals surface area (Å²) in [4.78, 5) is 3.95. The second-order valence-electron chi connectivity index (χ2n) is 8.15. The van der Waals surface area contributed by atoms with Crippen LogP contribution in [0.4, 0.5) is 17.6 Å². The Bertz CT molecular complexity index is 1280. The van der Waals surface area contributed by atoms with E-state index in [1.54, 1.807) is 19.2 Å². The van der Waals surface area contributed by atoms with Gasteiger partial charge in [0.25, 0.3) is 10.0 Å². The molecular formula is C22H21ClF4N4O2S. The van der Waals surface area contributed by atoms with Crippen molar-refractivity contribution in [2.45, 2.75) is 29.7 Å². The van der Waals surface area contributed by atoms with Crippen LogP contribution in [-0.2, 0) is 29.8 Å². The summed E-state index contributed by atoms with van der Waals surface area (Å²) < 4.78 is 81.3. The van der Waals surface area contributed by atoms with E-state index in [9.17, 15) is 26.0 Å². The van der Waals surface area contributed by atoms with Gasteiger partial charge < -0.3 is 9.88 Å². The fraction of sp³-hybridized carbons (Fsp3) is 0.318. The Morgan fingerprint density at radius 2 is 1.85 bits per heavy atom. The van der Waals surface area contributed by atoms with Gasteiger partial charge in [-0.05, 0) is 35.4 Å². The number of halogens is 5. The van der Waals surface area contributed by atoms with Crippen molar-refractivity contribution < 1.29 is 26.0 Å². The molecule has 0 unspecified atom stereocenters. The van der Waals surface area contributed by atoms with Crippen molar-refractivity contribution >= 4 is 21.6 Å². The van der Waals surface area contributed by atoms with E-state index in [2.05, 4.69) is 10.3 Å². The zero-order valence-electron chi connectivity index (χ0n) is 17.9. The molecule has 12 heteroatoms.